The van der Waals surface area contributed by atoms with Gasteiger partial charge in [-0.3, -0.25) is 4.90 Å². The quantitative estimate of drug-likeness (QED) is 0.752. The summed E-state index contributed by atoms with van der Waals surface area (Å²) in [5.41, 5.74) is 3.80. The van der Waals surface area contributed by atoms with Crippen LogP contribution in [0, 0.1) is 12.8 Å². The predicted molar refractivity (Wildman–Crippen MR) is 112 cm³/mol. The van der Waals surface area contributed by atoms with E-state index in [1.807, 2.05) is 54.3 Å². The van der Waals surface area contributed by atoms with Crippen LogP contribution in [0.4, 0.5) is 4.79 Å². The predicted octanol–water partition coefficient (Wildman–Crippen LogP) is 5.39. The van der Waals surface area contributed by atoms with Crippen molar-refractivity contribution in [3.05, 3.63) is 71.3 Å². The lowest BCUT2D eigenvalue weighted by Crippen LogP contribution is -2.46. The van der Waals surface area contributed by atoms with Crippen LogP contribution in [-0.2, 0) is 0 Å². The molecule has 1 aliphatic heterocycles. The molecule has 0 saturated heterocycles. The lowest BCUT2D eigenvalue weighted by Gasteiger charge is -2.36. The second kappa shape index (κ2) is 8.09. The third-order valence-corrected chi connectivity index (χ3v) is 5.96. The number of hydrogen-bond donors (Lipinski definition) is 2. The van der Waals surface area contributed by atoms with Crippen molar-refractivity contribution < 1.29 is 9.90 Å². The summed E-state index contributed by atoms with van der Waals surface area (Å²) in [6.07, 6.45) is 8.33. The van der Waals surface area contributed by atoms with Crippen molar-refractivity contribution in [3.63, 3.8) is 0 Å². The lowest BCUT2D eigenvalue weighted by molar-refractivity contribution is 0.199. The van der Waals surface area contributed by atoms with E-state index in [1.165, 1.54) is 32.1 Å². The number of carbonyl (C=O) groups excluding carboxylic acids is 1. The highest BCUT2D eigenvalue weighted by atomic mass is 16.3. The largest absolute Gasteiger partial charge is 0.508 e. The fourth-order valence-electron chi connectivity index (χ4n) is 4.33. The van der Waals surface area contributed by atoms with Gasteiger partial charge >= 0.3 is 6.03 Å². The van der Waals surface area contributed by atoms with Crippen LogP contribution in [0.5, 0.6) is 5.75 Å². The first-order chi connectivity index (χ1) is 13.6. The van der Waals surface area contributed by atoms with Crippen LogP contribution >= 0.6 is 0 Å². The van der Waals surface area contributed by atoms with Gasteiger partial charge in [0.2, 0.25) is 0 Å². The number of aromatic hydroxyl groups is 1. The van der Waals surface area contributed by atoms with E-state index in [1.54, 1.807) is 6.07 Å². The van der Waals surface area contributed by atoms with Gasteiger partial charge in [0.1, 0.15) is 5.75 Å². The minimum Gasteiger partial charge on any atom is -0.508 e. The average Bonchev–Trinajstić information content (AvgIpc) is 2.73. The molecule has 0 radical (unpaired) electrons. The van der Waals surface area contributed by atoms with Crippen LogP contribution < -0.4 is 5.32 Å². The number of phenolic OH excluding ortho intramolecular Hbond substituents is 1. The third kappa shape index (κ3) is 3.91. The molecule has 28 heavy (non-hydrogen) atoms. The molecule has 4 nitrogen and oxygen atoms in total. The summed E-state index contributed by atoms with van der Waals surface area (Å²) in [6, 6.07) is 15.4. The van der Waals surface area contributed by atoms with Gasteiger partial charge in [0.05, 0.1) is 11.7 Å². The molecule has 2 aliphatic rings. The van der Waals surface area contributed by atoms with Gasteiger partial charge in [-0.2, -0.15) is 0 Å². The number of phenols is 1. The first-order valence-corrected chi connectivity index (χ1v) is 10.3. The van der Waals surface area contributed by atoms with Gasteiger partial charge in [-0.05, 0) is 66.6 Å². The fourth-order valence-corrected chi connectivity index (χ4v) is 4.33. The van der Waals surface area contributed by atoms with Crippen LogP contribution in [0.1, 0.15) is 54.8 Å². The number of nitrogens with zero attached hydrogens (tertiary/aromatic N) is 1. The second-order valence-corrected chi connectivity index (χ2v) is 8.01. The number of urea groups is 1. The maximum atomic E-state index is 13.1. The zero-order valence-corrected chi connectivity index (χ0v) is 16.4. The molecule has 2 aromatic carbocycles. The van der Waals surface area contributed by atoms with E-state index in [0.717, 1.165) is 28.9 Å². The summed E-state index contributed by atoms with van der Waals surface area (Å²) >= 11 is 0. The zero-order valence-electron chi connectivity index (χ0n) is 16.4. The number of hydrogen-bond acceptors (Lipinski definition) is 2. The van der Waals surface area contributed by atoms with Crippen molar-refractivity contribution in [2.24, 2.45) is 5.92 Å². The molecule has 2 aromatic rings. The Balaban J connectivity index is 1.71. The summed E-state index contributed by atoms with van der Waals surface area (Å²) in [7, 11) is 0. The van der Waals surface area contributed by atoms with E-state index in [0.29, 0.717) is 5.92 Å². The second-order valence-electron chi connectivity index (χ2n) is 8.01. The molecular formula is C24H28N2O2. The van der Waals surface area contributed by atoms with Gasteiger partial charge in [0.25, 0.3) is 0 Å². The van der Waals surface area contributed by atoms with Crippen molar-refractivity contribution in [2.45, 2.75) is 45.1 Å². The Morgan fingerprint density at radius 2 is 1.82 bits per heavy atom. The Morgan fingerprint density at radius 1 is 1.07 bits per heavy atom. The number of benzene rings is 2. The van der Waals surface area contributed by atoms with Crippen molar-refractivity contribution in [3.8, 4) is 5.75 Å². The van der Waals surface area contributed by atoms with Gasteiger partial charge in [0, 0.05) is 6.54 Å². The first-order valence-electron chi connectivity index (χ1n) is 10.3. The normalized spacial score (nSPS) is 20.6. The average molecular weight is 377 g/mol. The summed E-state index contributed by atoms with van der Waals surface area (Å²) in [4.78, 5) is 15.0. The number of amides is 2. The Kier molecular flexibility index (Phi) is 5.38. The summed E-state index contributed by atoms with van der Waals surface area (Å²) in [5.74, 6) is 0.831. The summed E-state index contributed by atoms with van der Waals surface area (Å²) < 4.78 is 0. The highest BCUT2D eigenvalue weighted by Crippen LogP contribution is 2.34. The van der Waals surface area contributed by atoms with Crippen LogP contribution in [0.3, 0.4) is 0 Å². The first kappa shape index (κ1) is 18.6. The number of nitrogens with one attached hydrogen (secondary N) is 1. The smallest absolute Gasteiger partial charge is 0.322 e. The third-order valence-electron chi connectivity index (χ3n) is 5.96. The molecule has 4 rings (SSSR count). The Hall–Kier alpha value is -2.75. The molecule has 0 spiro atoms. The maximum absolute atomic E-state index is 13.1. The highest BCUT2D eigenvalue weighted by Gasteiger charge is 2.30. The van der Waals surface area contributed by atoms with E-state index >= 15 is 0 Å². The monoisotopic (exact) mass is 376 g/mol. The molecule has 1 aliphatic carbocycles. The van der Waals surface area contributed by atoms with E-state index < -0.39 is 0 Å². The number of rotatable bonds is 4. The minimum absolute atomic E-state index is 0.0392. The van der Waals surface area contributed by atoms with E-state index in [4.69, 9.17) is 0 Å². The molecule has 4 heteroatoms. The molecule has 1 unspecified atom stereocenters. The lowest BCUT2D eigenvalue weighted by atomic mass is 9.88. The van der Waals surface area contributed by atoms with E-state index in [2.05, 4.69) is 11.4 Å². The summed E-state index contributed by atoms with van der Waals surface area (Å²) in [6.45, 7) is 2.64. The molecule has 2 N–H and O–H groups in total. The van der Waals surface area contributed by atoms with Crippen molar-refractivity contribution in [1.82, 2.24) is 10.2 Å². The minimum atomic E-state index is -0.152. The summed E-state index contributed by atoms with van der Waals surface area (Å²) in [5, 5.41) is 13.1. The van der Waals surface area contributed by atoms with Crippen LogP contribution in [0.2, 0.25) is 0 Å². The number of carbonyl (C=O) groups is 1. The van der Waals surface area contributed by atoms with Gasteiger partial charge in [0.15, 0.2) is 0 Å². The van der Waals surface area contributed by atoms with Crippen LogP contribution in [-0.4, -0.2) is 22.6 Å². The highest BCUT2D eigenvalue weighted by molar-refractivity contribution is 5.89. The SMILES string of the molecule is Cc1cc(C2=CC(c3ccccc3)NC(=O)N2CC2CCCCC2)ccc1O. The molecule has 1 saturated carbocycles. The van der Waals surface area contributed by atoms with Crippen molar-refractivity contribution in [2.75, 3.05) is 6.54 Å². The molecule has 0 aromatic heterocycles. The molecule has 146 valence electrons. The van der Waals surface area contributed by atoms with E-state index in [9.17, 15) is 9.90 Å². The van der Waals surface area contributed by atoms with Gasteiger partial charge < -0.3 is 10.4 Å². The molecule has 2 amide bonds. The van der Waals surface area contributed by atoms with Gasteiger partial charge in [-0.1, -0.05) is 49.6 Å². The standard InChI is InChI=1S/C24H28N2O2/c1-17-14-20(12-13-23(17)27)22-15-21(19-10-6-3-7-11-19)25-24(28)26(22)16-18-8-4-2-5-9-18/h3,6-7,10-15,18,21,27H,2,4-5,8-9,16H2,1H3,(H,25,28). The Labute approximate surface area is 166 Å². The fraction of sp³-hybridized carbons (Fsp3) is 0.375. The molecule has 1 heterocycles. The van der Waals surface area contributed by atoms with Gasteiger partial charge in [-0.15, -0.1) is 0 Å². The van der Waals surface area contributed by atoms with Crippen LogP contribution in [0.25, 0.3) is 5.70 Å². The van der Waals surface area contributed by atoms with Gasteiger partial charge in [-0.25, -0.2) is 4.79 Å². The topological polar surface area (TPSA) is 52.6 Å². The Bertz CT molecular complexity index is 869. The maximum Gasteiger partial charge on any atom is 0.322 e. The Morgan fingerprint density at radius 3 is 2.54 bits per heavy atom. The number of aryl methyl sites for hydroxylation is 1. The van der Waals surface area contributed by atoms with Crippen LogP contribution in [0.15, 0.2) is 54.6 Å². The molecule has 0 bridgehead atoms. The van der Waals surface area contributed by atoms with Crippen molar-refractivity contribution in [1.29, 1.82) is 0 Å². The molecular weight excluding hydrogens is 348 g/mol. The van der Waals surface area contributed by atoms with E-state index in [-0.39, 0.29) is 17.8 Å². The molecule has 1 fully saturated rings. The molecule has 1 atom stereocenters. The van der Waals surface area contributed by atoms with Crippen molar-refractivity contribution >= 4 is 11.7 Å². The zero-order chi connectivity index (χ0) is 19.5.